The molecule has 0 aromatic heterocycles. The van der Waals surface area contributed by atoms with E-state index in [0.29, 0.717) is 12.1 Å². The molecule has 1 aliphatic heterocycles. The first kappa shape index (κ1) is 12.5. The number of fused-ring (bicyclic) bond motifs is 1. The van der Waals surface area contributed by atoms with Gasteiger partial charge in [0, 0.05) is 18.7 Å². The van der Waals surface area contributed by atoms with Crippen LogP contribution in [0.1, 0.15) is 19.3 Å². The largest absolute Gasteiger partial charge is 0.501 e. The molecule has 3 nitrogen and oxygen atoms in total. The lowest BCUT2D eigenvalue weighted by atomic mass is 10.0. The molecule has 3 aliphatic rings. The first-order chi connectivity index (χ1) is 9.22. The maximum Gasteiger partial charge on any atom is 0.176 e. The molecule has 2 atom stereocenters. The van der Waals surface area contributed by atoms with Crippen molar-refractivity contribution >= 4 is 5.78 Å². The highest BCUT2D eigenvalue weighted by Crippen LogP contribution is 2.37. The van der Waals surface area contributed by atoms with Crippen LogP contribution in [0.5, 0.6) is 0 Å². The van der Waals surface area contributed by atoms with E-state index in [4.69, 9.17) is 0 Å². The SMILES string of the molecule is O=C(CN1CC2CCCC2C1)C1=CC=C=C(O)C=C1. The summed E-state index contributed by atoms with van der Waals surface area (Å²) < 4.78 is 0. The number of aliphatic hydroxyl groups excluding tert-OH is 1. The summed E-state index contributed by atoms with van der Waals surface area (Å²) in [5.41, 5.74) is 3.32. The van der Waals surface area contributed by atoms with E-state index in [2.05, 4.69) is 10.6 Å². The molecular formula is C16H19NO2. The Morgan fingerprint density at radius 2 is 2.05 bits per heavy atom. The summed E-state index contributed by atoms with van der Waals surface area (Å²) in [5.74, 6) is 1.83. The fraction of sp³-hybridized carbons (Fsp3) is 0.500. The van der Waals surface area contributed by atoms with Gasteiger partial charge in [-0.1, -0.05) is 12.2 Å². The van der Waals surface area contributed by atoms with Crippen LogP contribution >= 0.6 is 0 Å². The van der Waals surface area contributed by atoms with Crippen LogP contribution in [0.25, 0.3) is 0 Å². The highest BCUT2D eigenvalue weighted by molar-refractivity contribution is 5.99. The van der Waals surface area contributed by atoms with Crippen LogP contribution in [0, 0.1) is 11.8 Å². The zero-order valence-corrected chi connectivity index (χ0v) is 11.0. The zero-order chi connectivity index (χ0) is 13.2. The first-order valence-electron chi connectivity index (χ1n) is 7.02. The van der Waals surface area contributed by atoms with E-state index in [1.54, 1.807) is 18.2 Å². The van der Waals surface area contributed by atoms with Gasteiger partial charge >= 0.3 is 0 Å². The third kappa shape index (κ3) is 2.73. The van der Waals surface area contributed by atoms with Crippen molar-refractivity contribution < 1.29 is 9.90 Å². The van der Waals surface area contributed by atoms with Crippen molar-refractivity contribution in [1.29, 1.82) is 0 Å². The molecule has 2 aliphatic carbocycles. The molecule has 0 aromatic rings. The molecule has 2 fully saturated rings. The summed E-state index contributed by atoms with van der Waals surface area (Å²) in [6.07, 6.45) is 10.5. The Balaban J connectivity index is 1.59. The number of allylic oxidation sites excluding steroid dienone is 3. The van der Waals surface area contributed by atoms with Gasteiger partial charge in [-0.2, -0.15) is 0 Å². The van der Waals surface area contributed by atoms with Crippen LogP contribution < -0.4 is 0 Å². The molecule has 100 valence electrons. The zero-order valence-electron chi connectivity index (χ0n) is 11.0. The number of nitrogens with zero attached hydrogens (tertiary/aromatic N) is 1. The van der Waals surface area contributed by atoms with Crippen LogP contribution in [0.15, 0.2) is 41.4 Å². The van der Waals surface area contributed by atoms with Gasteiger partial charge in [0.2, 0.25) is 0 Å². The minimum Gasteiger partial charge on any atom is -0.501 e. The first-order valence-corrected chi connectivity index (χ1v) is 7.02. The Morgan fingerprint density at radius 3 is 2.79 bits per heavy atom. The average Bonchev–Trinajstić information content (AvgIpc) is 2.86. The average molecular weight is 257 g/mol. The van der Waals surface area contributed by atoms with E-state index in [9.17, 15) is 9.90 Å². The van der Waals surface area contributed by atoms with E-state index in [0.717, 1.165) is 24.9 Å². The molecule has 1 saturated carbocycles. The van der Waals surface area contributed by atoms with Gasteiger partial charge in [-0.05, 0) is 49.0 Å². The van der Waals surface area contributed by atoms with Crippen molar-refractivity contribution in [1.82, 2.24) is 4.90 Å². The summed E-state index contributed by atoms with van der Waals surface area (Å²) in [5, 5.41) is 9.31. The summed E-state index contributed by atoms with van der Waals surface area (Å²) >= 11 is 0. The van der Waals surface area contributed by atoms with Gasteiger partial charge in [-0.3, -0.25) is 9.69 Å². The van der Waals surface area contributed by atoms with Crippen LogP contribution in [-0.2, 0) is 4.79 Å². The molecular weight excluding hydrogens is 238 g/mol. The second-order valence-corrected chi connectivity index (χ2v) is 5.72. The molecule has 0 bridgehead atoms. The molecule has 1 heterocycles. The van der Waals surface area contributed by atoms with Crippen molar-refractivity contribution in [2.75, 3.05) is 19.6 Å². The standard InChI is InChI=1S/C16H19NO2/c18-15-6-2-3-12(7-8-15)16(19)11-17-9-13-4-1-5-14(13)10-17/h2-3,7-8,13-14,18H,1,4-5,9-11H2. The molecule has 2 unspecified atom stereocenters. The lowest BCUT2D eigenvalue weighted by Gasteiger charge is -2.15. The number of hydrogen-bond donors (Lipinski definition) is 1. The van der Waals surface area contributed by atoms with Crippen molar-refractivity contribution in [3.8, 4) is 0 Å². The Kier molecular flexibility index (Phi) is 3.41. The predicted octanol–water partition coefficient (Wildman–Crippen LogP) is 2.38. The Morgan fingerprint density at radius 1 is 1.32 bits per heavy atom. The van der Waals surface area contributed by atoms with Gasteiger partial charge in [0.15, 0.2) is 11.5 Å². The third-order valence-corrected chi connectivity index (χ3v) is 4.41. The number of carbonyl (C=O) groups excluding carboxylic acids is 1. The molecule has 0 spiro atoms. The summed E-state index contributed by atoms with van der Waals surface area (Å²) in [6.45, 7) is 2.65. The number of likely N-dealkylation sites (tertiary alicyclic amines) is 1. The van der Waals surface area contributed by atoms with Crippen LogP contribution in [0.3, 0.4) is 0 Å². The molecule has 0 aromatic carbocycles. The highest BCUT2D eigenvalue weighted by Gasteiger charge is 2.36. The van der Waals surface area contributed by atoms with Gasteiger partial charge in [-0.25, -0.2) is 0 Å². The lowest BCUT2D eigenvalue weighted by molar-refractivity contribution is -0.116. The number of Topliss-reactive ketones (excluding diaryl/α,β-unsaturated/α-hetero) is 1. The smallest absolute Gasteiger partial charge is 0.176 e. The topological polar surface area (TPSA) is 40.5 Å². The fourth-order valence-corrected chi connectivity index (χ4v) is 3.43. The summed E-state index contributed by atoms with van der Waals surface area (Å²) in [6, 6.07) is 0. The van der Waals surface area contributed by atoms with Crippen molar-refractivity contribution in [3.63, 3.8) is 0 Å². The number of rotatable bonds is 3. The van der Waals surface area contributed by atoms with E-state index in [1.807, 2.05) is 0 Å². The van der Waals surface area contributed by atoms with E-state index >= 15 is 0 Å². The summed E-state index contributed by atoms with van der Waals surface area (Å²) in [7, 11) is 0. The molecule has 0 amide bonds. The van der Waals surface area contributed by atoms with E-state index in [1.165, 1.54) is 25.3 Å². The highest BCUT2D eigenvalue weighted by atomic mass is 16.3. The minimum absolute atomic E-state index is 0.0646. The van der Waals surface area contributed by atoms with Crippen LogP contribution in [0.4, 0.5) is 0 Å². The number of ketones is 1. The van der Waals surface area contributed by atoms with Gasteiger partial charge < -0.3 is 5.11 Å². The van der Waals surface area contributed by atoms with Gasteiger partial charge in [0.1, 0.15) is 0 Å². The minimum atomic E-state index is 0.0646. The lowest BCUT2D eigenvalue weighted by Crippen LogP contribution is -2.29. The molecule has 1 N–H and O–H groups in total. The second kappa shape index (κ2) is 5.20. The second-order valence-electron chi connectivity index (χ2n) is 5.72. The van der Waals surface area contributed by atoms with Crippen molar-refractivity contribution in [2.45, 2.75) is 19.3 Å². The van der Waals surface area contributed by atoms with Crippen molar-refractivity contribution in [2.24, 2.45) is 11.8 Å². The Labute approximate surface area is 113 Å². The number of hydrogen-bond acceptors (Lipinski definition) is 3. The predicted molar refractivity (Wildman–Crippen MR) is 73.7 cm³/mol. The van der Waals surface area contributed by atoms with Crippen molar-refractivity contribution in [3.05, 3.63) is 41.4 Å². The molecule has 1 saturated heterocycles. The fourth-order valence-electron chi connectivity index (χ4n) is 3.43. The maximum atomic E-state index is 12.2. The number of carbonyl (C=O) groups is 1. The van der Waals surface area contributed by atoms with E-state index < -0.39 is 0 Å². The molecule has 0 radical (unpaired) electrons. The monoisotopic (exact) mass is 257 g/mol. The Bertz CT molecular complexity index is 497. The number of aliphatic hydroxyl groups is 1. The molecule has 3 rings (SSSR count). The maximum absolute atomic E-state index is 12.2. The van der Waals surface area contributed by atoms with Gasteiger partial charge in [0.25, 0.3) is 0 Å². The van der Waals surface area contributed by atoms with Crippen LogP contribution in [0.2, 0.25) is 0 Å². The van der Waals surface area contributed by atoms with Gasteiger partial charge in [0.05, 0.1) is 6.54 Å². The van der Waals surface area contributed by atoms with Gasteiger partial charge in [-0.15, -0.1) is 0 Å². The molecule has 19 heavy (non-hydrogen) atoms. The molecule has 3 heteroatoms. The van der Waals surface area contributed by atoms with Crippen LogP contribution in [-0.4, -0.2) is 35.4 Å². The Hall–Kier alpha value is -1.57. The quantitative estimate of drug-likeness (QED) is 0.789. The normalized spacial score (nSPS) is 29.9. The van der Waals surface area contributed by atoms with E-state index in [-0.39, 0.29) is 11.5 Å². The summed E-state index contributed by atoms with van der Waals surface area (Å²) in [4.78, 5) is 14.5. The third-order valence-electron chi connectivity index (χ3n) is 4.41.